The number of carbonyl (C=O) groups is 3. The number of ether oxygens (including phenoxy) is 1. The number of carboxylic acid groups (broad SMARTS) is 2. The number of hydrogen-bond donors (Lipinski definition) is 5. The van der Waals surface area contributed by atoms with Crippen molar-refractivity contribution >= 4 is 17.9 Å². The van der Waals surface area contributed by atoms with Gasteiger partial charge >= 0.3 is 17.9 Å². The van der Waals surface area contributed by atoms with Gasteiger partial charge in [-0.2, -0.15) is 0 Å². The summed E-state index contributed by atoms with van der Waals surface area (Å²) in [6.45, 7) is 0. The van der Waals surface area contributed by atoms with Crippen LogP contribution in [0.5, 0.6) is 5.75 Å². The fourth-order valence-electron chi connectivity index (χ4n) is 1.48. The predicted molar refractivity (Wildman–Crippen MR) is 71.0 cm³/mol. The third-order valence-corrected chi connectivity index (χ3v) is 2.71. The van der Waals surface area contributed by atoms with E-state index in [9.17, 15) is 19.5 Å². The summed E-state index contributed by atoms with van der Waals surface area (Å²) < 4.78 is 4.70. The van der Waals surface area contributed by atoms with E-state index in [-0.39, 0.29) is 12.2 Å². The Bertz CT molecular complexity index is 556. The fourth-order valence-corrected chi connectivity index (χ4v) is 1.48. The van der Waals surface area contributed by atoms with Gasteiger partial charge in [0.25, 0.3) is 0 Å². The van der Waals surface area contributed by atoms with Gasteiger partial charge in [0.05, 0.1) is 0 Å². The highest BCUT2D eigenvalue weighted by Crippen LogP contribution is 2.14. The lowest BCUT2D eigenvalue weighted by atomic mass is 10.1. The number of carbonyl (C=O) groups excluding carboxylic acids is 1. The smallest absolute Gasteiger partial charge is 0.343 e. The van der Waals surface area contributed by atoms with Crippen LogP contribution in [0.3, 0.4) is 0 Å². The van der Waals surface area contributed by atoms with Crippen LogP contribution in [0.25, 0.3) is 0 Å². The molecule has 0 aliphatic rings. The molecule has 120 valence electrons. The molecule has 0 radical (unpaired) electrons. The largest absolute Gasteiger partial charge is 0.480 e. The minimum atomic E-state index is -2.29. The highest BCUT2D eigenvalue weighted by atomic mass is 16.6. The molecule has 0 amide bonds. The number of nitrogens with two attached hydrogens (primary N) is 1. The van der Waals surface area contributed by atoms with Crippen molar-refractivity contribution in [3.8, 4) is 5.75 Å². The van der Waals surface area contributed by atoms with Crippen LogP contribution < -0.4 is 10.5 Å². The van der Waals surface area contributed by atoms with Gasteiger partial charge in [-0.25, -0.2) is 9.59 Å². The Labute approximate surface area is 124 Å². The van der Waals surface area contributed by atoms with Gasteiger partial charge in [-0.3, -0.25) is 4.79 Å². The van der Waals surface area contributed by atoms with Gasteiger partial charge in [-0.05, 0) is 24.1 Å². The van der Waals surface area contributed by atoms with E-state index in [1.54, 1.807) is 0 Å². The standard InChI is InChI=1S/C13H15NO8/c14-8(11(17)18)5-6-1-3-7(4-2-6)22-13(21)10(16)9(15)12(19)20/h1-4,8-10,15-16H,5,14H2,(H,17,18)(H,19,20)/t8-,9?,10?/m0/s1. The van der Waals surface area contributed by atoms with Crippen LogP contribution in [0.2, 0.25) is 0 Å². The summed E-state index contributed by atoms with van der Waals surface area (Å²) in [4.78, 5) is 32.5. The molecule has 1 rings (SSSR count). The Hall–Kier alpha value is -2.49. The molecular weight excluding hydrogens is 298 g/mol. The molecule has 0 saturated carbocycles. The van der Waals surface area contributed by atoms with E-state index in [4.69, 9.17) is 25.8 Å². The Kier molecular flexibility index (Phi) is 5.99. The van der Waals surface area contributed by atoms with Crippen LogP contribution in [-0.2, 0) is 20.8 Å². The molecule has 6 N–H and O–H groups in total. The number of aliphatic hydroxyl groups is 2. The maximum absolute atomic E-state index is 11.4. The summed E-state index contributed by atoms with van der Waals surface area (Å²) in [6, 6.07) is 4.50. The van der Waals surface area contributed by atoms with Gasteiger partial charge < -0.3 is 30.9 Å². The summed E-state index contributed by atoms with van der Waals surface area (Å²) in [5.41, 5.74) is 5.95. The maximum Gasteiger partial charge on any atom is 0.343 e. The SMILES string of the molecule is N[C@@H](Cc1ccc(OC(=O)C(O)C(O)C(=O)O)cc1)C(=O)O. The molecule has 0 aliphatic heterocycles. The number of aliphatic hydroxyl groups excluding tert-OH is 2. The lowest BCUT2D eigenvalue weighted by Crippen LogP contribution is -2.41. The predicted octanol–water partition coefficient (Wildman–Crippen LogP) is -1.65. The second-order valence-electron chi connectivity index (χ2n) is 4.44. The van der Waals surface area contributed by atoms with Crippen LogP contribution in [0, 0.1) is 0 Å². The van der Waals surface area contributed by atoms with Crippen molar-refractivity contribution < 1.29 is 39.5 Å². The Morgan fingerprint density at radius 3 is 2.00 bits per heavy atom. The van der Waals surface area contributed by atoms with Crippen LogP contribution in [0.4, 0.5) is 0 Å². The van der Waals surface area contributed by atoms with Crippen molar-refractivity contribution in [2.24, 2.45) is 5.73 Å². The Morgan fingerprint density at radius 1 is 1.00 bits per heavy atom. The van der Waals surface area contributed by atoms with Gasteiger partial charge in [-0.15, -0.1) is 0 Å². The number of hydrogen-bond acceptors (Lipinski definition) is 7. The van der Waals surface area contributed by atoms with Crippen LogP contribution in [0.1, 0.15) is 5.56 Å². The van der Waals surface area contributed by atoms with Crippen molar-refractivity contribution in [2.75, 3.05) is 0 Å². The highest BCUT2D eigenvalue weighted by Gasteiger charge is 2.31. The maximum atomic E-state index is 11.4. The van der Waals surface area contributed by atoms with Gasteiger partial charge in [0, 0.05) is 0 Å². The van der Waals surface area contributed by atoms with Crippen molar-refractivity contribution in [1.29, 1.82) is 0 Å². The summed E-state index contributed by atoms with van der Waals surface area (Å²) in [5, 5.41) is 35.4. The molecular formula is C13H15NO8. The van der Waals surface area contributed by atoms with Crippen molar-refractivity contribution in [1.82, 2.24) is 0 Å². The minimum absolute atomic E-state index is 0.00529. The molecule has 1 aromatic rings. The van der Waals surface area contributed by atoms with Crippen molar-refractivity contribution in [3.63, 3.8) is 0 Å². The molecule has 0 saturated heterocycles. The van der Waals surface area contributed by atoms with E-state index in [0.717, 1.165) is 0 Å². The van der Waals surface area contributed by atoms with Gasteiger partial charge in [0.1, 0.15) is 11.8 Å². The second-order valence-corrected chi connectivity index (χ2v) is 4.44. The van der Waals surface area contributed by atoms with E-state index >= 15 is 0 Å². The van der Waals surface area contributed by atoms with E-state index in [1.807, 2.05) is 0 Å². The second kappa shape index (κ2) is 7.50. The number of carboxylic acids is 2. The number of esters is 1. The van der Waals surface area contributed by atoms with Crippen LogP contribution in [-0.4, -0.2) is 56.6 Å². The van der Waals surface area contributed by atoms with Gasteiger partial charge in [0.2, 0.25) is 0 Å². The Balaban J connectivity index is 2.66. The molecule has 2 unspecified atom stereocenters. The average Bonchev–Trinajstić information content (AvgIpc) is 2.47. The first kappa shape index (κ1) is 17.6. The molecule has 0 heterocycles. The third kappa shape index (κ3) is 4.81. The molecule has 22 heavy (non-hydrogen) atoms. The number of aliphatic carboxylic acids is 2. The molecule has 3 atom stereocenters. The topological polar surface area (TPSA) is 167 Å². The minimum Gasteiger partial charge on any atom is -0.480 e. The Morgan fingerprint density at radius 2 is 1.55 bits per heavy atom. The zero-order chi connectivity index (χ0) is 16.9. The molecule has 0 aromatic heterocycles. The third-order valence-electron chi connectivity index (χ3n) is 2.71. The first-order valence-corrected chi connectivity index (χ1v) is 6.10. The molecule has 0 spiro atoms. The van der Waals surface area contributed by atoms with E-state index < -0.39 is 36.2 Å². The molecule has 0 bridgehead atoms. The quantitative estimate of drug-likeness (QED) is 0.292. The first-order chi connectivity index (χ1) is 10.2. The first-order valence-electron chi connectivity index (χ1n) is 6.10. The van der Waals surface area contributed by atoms with Crippen molar-refractivity contribution in [2.45, 2.75) is 24.7 Å². The highest BCUT2D eigenvalue weighted by molar-refractivity contribution is 5.85. The molecule has 0 fully saturated rings. The van der Waals surface area contributed by atoms with E-state index in [1.165, 1.54) is 24.3 Å². The summed E-state index contributed by atoms with van der Waals surface area (Å²) in [7, 11) is 0. The monoisotopic (exact) mass is 313 g/mol. The zero-order valence-corrected chi connectivity index (χ0v) is 11.2. The number of rotatable bonds is 7. The zero-order valence-electron chi connectivity index (χ0n) is 11.2. The van der Waals surface area contributed by atoms with Crippen molar-refractivity contribution in [3.05, 3.63) is 29.8 Å². The summed E-state index contributed by atoms with van der Waals surface area (Å²) >= 11 is 0. The van der Waals surface area contributed by atoms with E-state index in [0.29, 0.717) is 5.56 Å². The molecule has 9 nitrogen and oxygen atoms in total. The van der Waals surface area contributed by atoms with E-state index in [2.05, 4.69) is 0 Å². The summed E-state index contributed by atoms with van der Waals surface area (Å²) in [5.74, 6) is -4.25. The molecule has 1 aromatic carbocycles. The average molecular weight is 313 g/mol. The molecule has 0 aliphatic carbocycles. The lowest BCUT2D eigenvalue weighted by molar-refractivity contribution is -0.164. The van der Waals surface area contributed by atoms with Gasteiger partial charge in [-0.1, -0.05) is 12.1 Å². The molecule has 9 heteroatoms. The van der Waals surface area contributed by atoms with Crippen LogP contribution >= 0.6 is 0 Å². The van der Waals surface area contributed by atoms with Gasteiger partial charge in [0.15, 0.2) is 12.2 Å². The lowest BCUT2D eigenvalue weighted by Gasteiger charge is -2.13. The van der Waals surface area contributed by atoms with Crippen LogP contribution in [0.15, 0.2) is 24.3 Å². The summed E-state index contributed by atoms with van der Waals surface area (Å²) in [6.07, 6.45) is -4.44. The number of benzene rings is 1. The normalized spacial score (nSPS) is 14.7. The fraction of sp³-hybridized carbons (Fsp3) is 0.308.